The van der Waals surface area contributed by atoms with Crippen LogP contribution in [0.5, 0.6) is 0 Å². The van der Waals surface area contributed by atoms with Crippen LogP contribution in [0.2, 0.25) is 4.34 Å². The van der Waals surface area contributed by atoms with Gasteiger partial charge in [0.15, 0.2) is 0 Å². The van der Waals surface area contributed by atoms with Crippen molar-refractivity contribution in [1.29, 1.82) is 0 Å². The van der Waals surface area contributed by atoms with E-state index in [9.17, 15) is 9.59 Å². The zero-order valence-corrected chi connectivity index (χ0v) is 17.1. The predicted molar refractivity (Wildman–Crippen MR) is 110 cm³/mol. The summed E-state index contributed by atoms with van der Waals surface area (Å²) in [5.74, 6) is -0.278. The Morgan fingerprint density at radius 3 is 2.50 bits per heavy atom. The predicted octanol–water partition coefficient (Wildman–Crippen LogP) is 5.55. The Kier molecular flexibility index (Phi) is 5.98. The summed E-state index contributed by atoms with van der Waals surface area (Å²) in [6, 6.07) is 10.8. The summed E-state index contributed by atoms with van der Waals surface area (Å²) >= 11 is 9.90. The quantitative estimate of drug-likeness (QED) is 0.558. The van der Waals surface area contributed by atoms with Gasteiger partial charge in [0.05, 0.1) is 9.21 Å². The SMILES string of the molecule is CN(C)C(=O)Sc1ccc(NC(=O)c2csc(-c3ccc(Cl)s3)n2)cc1. The number of hydrogen-bond donors (Lipinski definition) is 1. The average Bonchev–Trinajstić information content (AvgIpc) is 3.25. The molecule has 9 heteroatoms. The number of thioether (sulfide) groups is 1. The van der Waals surface area contributed by atoms with Crippen molar-refractivity contribution < 1.29 is 9.59 Å². The third-order valence-electron chi connectivity index (χ3n) is 3.20. The zero-order chi connectivity index (χ0) is 18.7. The lowest BCUT2D eigenvalue weighted by Crippen LogP contribution is -2.16. The maximum Gasteiger partial charge on any atom is 0.285 e. The van der Waals surface area contributed by atoms with Gasteiger partial charge in [0.25, 0.3) is 11.1 Å². The van der Waals surface area contributed by atoms with Crippen molar-refractivity contribution in [2.24, 2.45) is 0 Å². The second-order valence-electron chi connectivity index (χ2n) is 5.38. The molecule has 0 atom stereocenters. The van der Waals surface area contributed by atoms with Crippen LogP contribution in [0.4, 0.5) is 10.5 Å². The molecule has 2 heterocycles. The lowest BCUT2D eigenvalue weighted by molar-refractivity contribution is 0.102. The van der Waals surface area contributed by atoms with Crippen LogP contribution in [-0.4, -0.2) is 35.1 Å². The number of rotatable bonds is 4. The molecule has 2 amide bonds. The zero-order valence-electron chi connectivity index (χ0n) is 13.9. The lowest BCUT2D eigenvalue weighted by atomic mass is 10.3. The van der Waals surface area contributed by atoms with Crippen LogP contribution in [0, 0.1) is 0 Å². The first-order chi connectivity index (χ1) is 12.4. The third kappa shape index (κ3) is 4.64. The fraction of sp³-hybridized carbons (Fsp3) is 0.118. The maximum absolute atomic E-state index is 12.4. The molecule has 2 aromatic heterocycles. The van der Waals surface area contributed by atoms with Gasteiger partial charge in [-0.1, -0.05) is 11.6 Å². The van der Waals surface area contributed by atoms with E-state index in [2.05, 4.69) is 10.3 Å². The molecule has 1 aromatic carbocycles. The normalized spacial score (nSPS) is 10.6. The van der Waals surface area contributed by atoms with Crippen LogP contribution < -0.4 is 5.32 Å². The van der Waals surface area contributed by atoms with Gasteiger partial charge >= 0.3 is 0 Å². The molecular weight excluding hydrogens is 410 g/mol. The number of nitrogens with zero attached hydrogens (tertiary/aromatic N) is 2. The van der Waals surface area contributed by atoms with Crippen molar-refractivity contribution >= 4 is 62.9 Å². The van der Waals surface area contributed by atoms with Crippen molar-refractivity contribution in [1.82, 2.24) is 9.88 Å². The van der Waals surface area contributed by atoms with E-state index in [1.807, 2.05) is 12.1 Å². The fourth-order valence-corrected chi connectivity index (χ4v) is 4.49. The number of benzene rings is 1. The van der Waals surface area contributed by atoms with Gasteiger partial charge in [-0.15, -0.1) is 22.7 Å². The summed E-state index contributed by atoms with van der Waals surface area (Å²) in [4.78, 5) is 31.7. The molecule has 1 N–H and O–H groups in total. The van der Waals surface area contributed by atoms with Gasteiger partial charge in [-0.25, -0.2) is 4.98 Å². The van der Waals surface area contributed by atoms with Gasteiger partial charge in [0, 0.05) is 30.1 Å². The minimum Gasteiger partial charge on any atom is -0.339 e. The monoisotopic (exact) mass is 423 g/mol. The van der Waals surface area contributed by atoms with Crippen LogP contribution in [0.15, 0.2) is 46.7 Å². The summed E-state index contributed by atoms with van der Waals surface area (Å²) in [5.41, 5.74) is 1.00. The van der Waals surface area contributed by atoms with Crippen molar-refractivity contribution in [2.45, 2.75) is 4.90 Å². The van der Waals surface area contributed by atoms with E-state index in [0.29, 0.717) is 15.7 Å². The third-order valence-corrected chi connectivity index (χ3v) is 6.49. The van der Waals surface area contributed by atoms with E-state index >= 15 is 0 Å². The minimum absolute atomic E-state index is 0.0505. The Labute approximate surface area is 168 Å². The van der Waals surface area contributed by atoms with Gasteiger partial charge in [-0.2, -0.15) is 0 Å². The van der Waals surface area contributed by atoms with Crippen molar-refractivity contribution in [3.05, 3.63) is 51.8 Å². The highest BCUT2D eigenvalue weighted by Crippen LogP contribution is 2.33. The number of thiazole rings is 1. The molecule has 0 bridgehead atoms. The smallest absolute Gasteiger partial charge is 0.285 e. The molecule has 0 unspecified atom stereocenters. The number of carbonyl (C=O) groups is 2. The number of halogens is 1. The summed E-state index contributed by atoms with van der Waals surface area (Å²) in [7, 11) is 3.41. The number of thiophene rings is 1. The highest BCUT2D eigenvalue weighted by molar-refractivity contribution is 8.13. The van der Waals surface area contributed by atoms with Gasteiger partial charge in [-0.3, -0.25) is 9.59 Å². The van der Waals surface area contributed by atoms with Gasteiger partial charge < -0.3 is 10.2 Å². The molecule has 0 aliphatic rings. The first kappa shape index (κ1) is 18.9. The van der Waals surface area contributed by atoms with Gasteiger partial charge in [0.2, 0.25) is 0 Å². The van der Waals surface area contributed by atoms with E-state index < -0.39 is 0 Å². The molecule has 5 nitrogen and oxygen atoms in total. The average molecular weight is 424 g/mol. The van der Waals surface area contributed by atoms with Crippen molar-refractivity contribution in [3.8, 4) is 9.88 Å². The topological polar surface area (TPSA) is 62.3 Å². The highest BCUT2D eigenvalue weighted by atomic mass is 35.5. The molecule has 134 valence electrons. The molecule has 0 fully saturated rings. The number of carbonyl (C=O) groups excluding carboxylic acids is 2. The molecule has 0 spiro atoms. The summed E-state index contributed by atoms with van der Waals surface area (Å²) < 4.78 is 0.687. The van der Waals surface area contributed by atoms with Gasteiger partial charge in [0.1, 0.15) is 10.7 Å². The molecule has 3 aromatic rings. The Morgan fingerprint density at radius 2 is 1.88 bits per heavy atom. The molecule has 0 radical (unpaired) electrons. The second-order valence-corrected chi connectivity index (χ2v) is 8.98. The fourth-order valence-electron chi connectivity index (χ4n) is 1.91. The molecule has 0 saturated carbocycles. The standard InChI is InChI=1S/C17H14ClN3O2S3/c1-21(2)17(23)25-11-5-3-10(4-6-11)19-15(22)12-9-24-16(20-12)13-7-8-14(18)26-13/h3-9H,1-2H3,(H,19,22). The number of anilines is 1. The highest BCUT2D eigenvalue weighted by Gasteiger charge is 2.14. The van der Waals surface area contributed by atoms with E-state index in [1.165, 1.54) is 27.6 Å². The van der Waals surface area contributed by atoms with E-state index in [-0.39, 0.29) is 11.1 Å². The van der Waals surface area contributed by atoms with Crippen LogP contribution in [-0.2, 0) is 0 Å². The van der Waals surface area contributed by atoms with E-state index in [4.69, 9.17) is 11.6 Å². The second kappa shape index (κ2) is 8.22. The van der Waals surface area contributed by atoms with Gasteiger partial charge in [-0.05, 0) is 48.2 Å². The first-order valence-electron chi connectivity index (χ1n) is 7.44. The molecule has 0 aliphatic heterocycles. The number of amides is 2. The largest absolute Gasteiger partial charge is 0.339 e. The number of hydrogen-bond acceptors (Lipinski definition) is 6. The Hall–Kier alpha value is -1.87. The van der Waals surface area contributed by atoms with Crippen LogP contribution in [0.1, 0.15) is 10.5 Å². The number of aromatic nitrogens is 1. The van der Waals surface area contributed by atoms with Crippen molar-refractivity contribution in [3.63, 3.8) is 0 Å². The minimum atomic E-state index is -0.278. The molecule has 0 aliphatic carbocycles. The first-order valence-corrected chi connectivity index (χ1v) is 10.3. The Morgan fingerprint density at radius 1 is 1.15 bits per heavy atom. The number of nitrogens with one attached hydrogen (secondary N) is 1. The molecule has 0 saturated heterocycles. The van der Waals surface area contributed by atoms with Crippen LogP contribution >= 0.6 is 46.0 Å². The lowest BCUT2D eigenvalue weighted by Gasteiger charge is -2.09. The maximum atomic E-state index is 12.4. The van der Waals surface area contributed by atoms with Crippen LogP contribution in [0.3, 0.4) is 0 Å². The molecular formula is C17H14ClN3O2S3. The summed E-state index contributed by atoms with van der Waals surface area (Å²) in [5, 5.41) is 5.24. The van der Waals surface area contributed by atoms with E-state index in [1.54, 1.807) is 43.7 Å². The summed E-state index contributed by atoms with van der Waals surface area (Å²) in [6.45, 7) is 0. The molecule has 3 rings (SSSR count). The molecule has 26 heavy (non-hydrogen) atoms. The Balaban J connectivity index is 1.65. The Bertz CT molecular complexity index is 935. The van der Waals surface area contributed by atoms with Crippen LogP contribution in [0.25, 0.3) is 9.88 Å². The van der Waals surface area contributed by atoms with E-state index in [0.717, 1.165) is 26.5 Å². The summed E-state index contributed by atoms with van der Waals surface area (Å²) in [6.07, 6.45) is 0. The van der Waals surface area contributed by atoms with Crippen molar-refractivity contribution in [2.75, 3.05) is 19.4 Å².